The highest BCUT2D eigenvalue weighted by Crippen LogP contribution is 2.61. The molecule has 28 nitrogen and oxygen atoms in total. The van der Waals surface area contributed by atoms with Crippen molar-refractivity contribution in [3.63, 3.8) is 0 Å². The molecule has 0 spiro atoms. The first-order chi connectivity index (χ1) is 27.7. The Bertz CT molecular complexity index is 1920. The van der Waals surface area contributed by atoms with Crippen LogP contribution in [0.2, 0.25) is 0 Å². The second kappa shape index (κ2) is 23.3. The number of amides is 2. The number of aliphatic hydroxyl groups excluding tert-OH is 3. The number of aliphatic hydroxyl groups is 3. The van der Waals surface area contributed by atoms with E-state index in [1.54, 1.807) is 0 Å². The molecule has 32 heteroatoms. The number of carbonyl (C=O) groups excluding carboxylic acids is 2. The molecule has 0 bridgehead atoms. The maximum atomic E-state index is 12.6. The number of ether oxygens (including phenoxy) is 1. The van der Waals surface area contributed by atoms with Crippen LogP contribution < -0.4 is 16.4 Å². The van der Waals surface area contributed by atoms with Gasteiger partial charge in [-0.3, -0.25) is 32.5 Å². The van der Waals surface area contributed by atoms with Gasteiger partial charge in [-0.05, 0) is 19.3 Å². The van der Waals surface area contributed by atoms with Crippen LogP contribution in [0.3, 0.4) is 0 Å². The molecule has 2 aromatic heterocycles. The molecule has 13 N–H and O–H groups in total. The first-order valence-electron chi connectivity index (χ1n) is 17.3. The number of carboxylic acid groups (broad SMARTS) is 2. The van der Waals surface area contributed by atoms with E-state index in [9.17, 15) is 62.7 Å². The Morgan fingerprint density at radius 1 is 0.983 bits per heavy atom. The number of nitrogen functional groups attached to an aromatic ring is 1. The molecule has 1 fully saturated rings. The molecule has 0 saturated carbocycles. The van der Waals surface area contributed by atoms with Gasteiger partial charge >= 0.3 is 35.4 Å². The number of unbranched alkanes of at least 4 members (excludes halogenated alkanes) is 1. The number of phosphoric ester groups is 3. The zero-order chi connectivity index (χ0) is 45.6. The summed E-state index contributed by atoms with van der Waals surface area (Å²) in [6.07, 6.45) is -7.15. The summed E-state index contributed by atoms with van der Waals surface area (Å²) in [6, 6.07) is 0. The maximum Gasteiger partial charge on any atom is 0.481 e. The zero-order valence-electron chi connectivity index (χ0n) is 31.8. The largest absolute Gasteiger partial charge is 0.481 e. The van der Waals surface area contributed by atoms with Crippen molar-refractivity contribution in [1.82, 2.24) is 30.2 Å². The summed E-state index contributed by atoms with van der Waals surface area (Å²) < 4.78 is 61.7. The first kappa shape index (κ1) is 52.9. The highest BCUT2D eigenvalue weighted by atomic mass is 32.1. The van der Waals surface area contributed by atoms with Gasteiger partial charge in [-0.1, -0.05) is 13.8 Å². The lowest BCUT2D eigenvalue weighted by atomic mass is 9.87. The van der Waals surface area contributed by atoms with Crippen LogP contribution in [0, 0.1) is 5.41 Å². The fourth-order valence-electron chi connectivity index (χ4n) is 4.87. The summed E-state index contributed by atoms with van der Waals surface area (Å²) >= 11 is 3.95. The van der Waals surface area contributed by atoms with Gasteiger partial charge in [0, 0.05) is 37.1 Å². The lowest BCUT2D eigenvalue weighted by Crippen LogP contribution is -2.46. The molecular weight excluding hydrogens is 895 g/mol. The lowest BCUT2D eigenvalue weighted by Gasteiger charge is -2.30. The van der Waals surface area contributed by atoms with E-state index in [4.69, 9.17) is 34.8 Å². The number of anilines is 1. The number of imidazole rings is 1. The number of nitrogens with two attached hydrogens (primary N) is 1. The predicted octanol–water partition coefficient (Wildman–Crippen LogP) is -1.59. The number of hydrogen-bond acceptors (Lipinski definition) is 20. The predicted molar refractivity (Wildman–Crippen MR) is 203 cm³/mol. The smallest absolute Gasteiger partial charge is 0.481 e. The minimum Gasteiger partial charge on any atom is -0.481 e. The first-order valence-corrected chi connectivity index (χ1v) is 22.5. The Labute approximate surface area is 345 Å². The Balaban J connectivity index is 0.000000894. The van der Waals surface area contributed by atoms with Gasteiger partial charge in [0.05, 0.1) is 19.5 Å². The Morgan fingerprint density at radius 3 is 2.23 bits per heavy atom. The van der Waals surface area contributed by atoms with Gasteiger partial charge in [-0.25, -0.2) is 33.4 Å². The molecule has 0 aromatic carbocycles. The number of nitrogens with one attached hydrogen (secondary N) is 2. The molecule has 8 atom stereocenters. The van der Waals surface area contributed by atoms with Crippen LogP contribution in [-0.4, -0.2) is 151 Å². The molecule has 60 heavy (non-hydrogen) atoms. The highest BCUT2D eigenvalue weighted by Gasteiger charge is 2.50. The lowest BCUT2D eigenvalue weighted by molar-refractivity contribution is -0.147. The topological polar surface area (TPSA) is 441 Å². The monoisotopic (exact) mass is 943 g/mol. The number of rotatable bonds is 24. The van der Waals surface area contributed by atoms with E-state index in [2.05, 4.69) is 47.0 Å². The van der Waals surface area contributed by atoms with E-state index in [-0.39, 0.29) is 48.7 Å². The Hall–Kier alpha value is -3.21. The minimum atomic E-state index is -5.54. The van der Waals surface area contributed by atoms with Gasteiger partial charge in [0.1, 0.15) is 36.3 Å². The molecule has 1 saturated heterocycles. The standard InChI is InChI=1S/C21H36N7O16P3S.C7H12O5/c1-21(2,16(31)19(32)24-4-3-12(29)23-5-6-48)8-41-47(38,39)44-46(36,37)40-7-11-15(43-45(33,34)35)14(30)20(42-11)28-10-27-13-17(22)25-9-26-18(13)28;8-5(7(11)12)3-1-2-4-6(9)10/h9-11,14-16,20,30-31,48H,3-8H2,1-2H3,(H,23,29)(H,24,32)(H,36,37)(H,38,39)(H2,22,25,26)(H2,33,34,35);5,8H,1-4H2,(H,9,10)(H,11,12)/t11-,14-,15-,16?,20-;/m1./s1. The zero-order valence-corrected chi connectivity index (χ0v) is 35.3. The number of phosphoric acid groups is 3. The van der Waals surface area contributed by atoms with Crippen molar-refractivity contribution in [2.75, 3.05) is 37.8 Å². The summed E-state index contributed by atoms with van der Waals surface area (Å²) in [7, 11) is -16.3. The molecular formula is C28H48N7O21P3S. The summed E-state index contributed by atoms with van der Waals surface area (Å²) in [4.78, 5) is 94.7. The van der Waals surface area contributed by atoms with E-state index in [0.29, 0.717) is 25.1 Å². The van der Waals surface area contributed by atoms with Crippen LogP contribution in [0.4, 0.5) is 5.82 Å². The summed E-state index contributed by atoms with van der Waals surface area (Å²) in [6.45, 7) is 0.723. The number of aliphatic carboxylic acids is 2. The number of carbonyl (C=O) groups is 4. The fourth-order valence-corrected chi connectivity index (χ4v) is 7.81. The van der Waals surface area contributed by atoms with E-state index >= 15 is 0 Å². The van der Waals surface area contributed by atoms with E-state index < -0.39 is 96.7 Å². The van der Waals surface area contributed by atoms with E-state index in [1.807, 2.05) is 0 Å². The second-order valence-corrected chi connectivity index (χ2v) is 18.0. The van der Waals surface area contributed by atoms with Crippen LogP contribution >= 0.6 is 36.1 Å². The Morgan fingerprint density at radius 2 is 1.63 bits per heavy atom. The molecule has 2 amide bonds. The number of thiol groups is 1. The van der Waals surface area contributed by atoms with E-state index in [1.165, 1.54) is 13.8 Å². The van der Waals surface area contributed by atoms with Crippen molar-refractivity contribution in [3.05, 3.63) is 12.7 Å². The van der Waals surface area contributed by atoms with Crippen molar-refractivity contribution in [3.8, 4) is 0 Å². The van der Waals surface area contributed by atoms with Gasteiger partial charge in [0.2, 0.25) is 11.8 Å². The summed E-state index contributed by atoms with van der Waals surface area (Å²) in [5, 5.41) is 51.3. The van der Waals surface area contributed by atoms with Crippen molar-refractivity contribution in [1.29, 1.82) is 0 Å². The number of carboxylic acids is 2. The maximum absolute atomic E-state index is 12.6. The third-order valence-electron chi connectivity index (χ3n) is 7.91. The summed E-state index contributed by atoms with van der Waals surface area (Å²) in [5.74, 6) is -3.11. The Kier molecular flexibility index (Phi) is 20.5. The van der Waals surface area contributed by atoms with Crippen LogP contribution in [-0.2, 0) is 55.5 Å². The molecule has 0 radical (unpaired) electrons. The van der Waals surface area contributed by atoms with Gasteiger partial charge in [0.25, 0.3) is 0 Å². The number of nitrogens with zero attached hydrogens (tertiary/aromatic N) is 4. The summed E-state index contributed by atoms with van der Waals surface area (Å²) in [5.41, 5.74) is 4.30. The fraction of sp³-hybridized carbons (Fsp3) is 0.679. The van der Waals surface area contributed by atoms with Gasteiger partial charge in [-0.2, -0.15) is 16.9 Å². The average molecular weight is 944 g/mol. The number of aromatic nitrogens is 4. The quantitative estimate of drug-likeness (QED) is 0.0320. The molecule has 1 aliphatic heterocycles. The third-order valence-corrected chi connectivity index (χ3v) is 11.2. The highest BCUT2D eigenvalue weighted by molar-refractivity contribution is 7.80. The molecule has 3 heterocycles. The average Bonchev–Trinajstić information content (AvgIpc) is 3.70. The van der Waals surface area contributed by atoms with Crippen LogP contribution in [0.5, 0.6) is 0 Å². The molecule has 4 unspecified atom stereocenters. The van der Waals surface area contributed by atoms with Crippen molar-refractivity contribution in [2.24, 2.45) is 5.41 Å². The SMILES string of the molecule is CC(C)(COP(=O)(O)OP(=O)(O)OC[C@H]1O[C@@H](n2cnc3c(N)ncnc32)[C@H](O)[C@@H]1OP(=O)(O)O)C(O)C(=O)NCCC(=O)NCCS.O=C(O)CCCCC(O)C(=O)O. The van der Waals surface area contributed by atoms with Crippen molar-refractivity contribution >= 4 is 76.8 Å². The van der Waals surface area contributed by atoms with Crippen LogP contribution in [0.25, 0.3) is 11.2 Å². The molecule has 3 rings (SSSR count). The second-order valence-electron chi connectivity index (χ2n) is 13.3. The molecule has 2 aromatic rings. The van der Waals surface area contributed by atoms with Crippen LogP contribution in [0.1, 0.15) is 52.2 Å². The number of fused-ring (bicyclic) bond motifs is 1. The van der Waals surface area contributed by atoms with E-state index in [0.717, 1.165) is 17.2 Å². The van der Waals surface area contributed by atoms with Gasteiger partial charge < -0.3 is 66.2 Å². The van der Waals surface area contributed by atoms with Crippen molar-refractivity contribution in [2.45, 2.75) is 82.7 Å². The third kappa shape index (κ3) is 17.6. The molecule has 342 valence electrons. The minimum absolute atomic E-state index is 0.0202. The van der Waals surface area contributed by atoms with Crippen molar-refractivity contribution < 1.29 is 101 Å². The normalized spacial score (nSPS) is 21.2. The van der Waals surface area contributed by atoms with Gasteiger partial charge in [0.15, 0.2) is 23.8 Å². The number of hydrogen-bond donors (Lipinski definition) is 13. The van der Waals surface area contributed by atoms with Gasteiger partial charge in [-0.15, -0.1) is 0 Å². The molecule has 0 aliphatic carbocycles. The van der Waals surface area contributed by atoms with Crippen LogP contribution in [0.15, 0.2) is 12.7 Å². The molecule has 1 aliphatic rings.